The Hall–Kier alpha value is -1.50. The minimum atomic E-state index is -0.208. The van der Waals surface area contributed by atoms with Crippen LogP contribution in [0.4, 0.5) is 0 Å². The molecular formula is C12H17NO3. The Balaban J connectivity index is 2.50. The summed E-state index contributed by atoms with van der Waals surface area (Å²) in [6.07, 6.45) is 6.82. The van der Waals surface area contributed by atoms with Crippen molar-refractivity contribution in [1.29, 1.82) is 0 Å². The van der Waals surface area contributed by atoms with Crippen LogP contribution in [0.15, 0.2) is 0 Å². The molecule has 1 rings (SSSR count). The van der Waals surface area contributed by atoms with Gasteiger partial charge >= 0.3 is 5.97 Å². The minimum Gasteiger partial charge on any atom is -0.466 e. The highest BCUT2D eigenvalue weighted by atomic mass is 16.5. The zero-order valence-corrected chi connectivity index (χ0v) is 9.57. The third kappa shape index (κ3) is 3.27. The van der Waals surface area contributed by atoms with Crippen LogP contribution in [0, 0.1) is 18.3 Å². The van der Waals surface area contributed by atoms with Gasteiger partial charge in [-0.15, -0.1) is 6.42 Å². The van der Waals surface area contributed by atoms with Gasteiger partial charge in [-0.05, 0) is 19.8 Å². The predicted octanol–water partition coefficient (Wildman–Crippen LogP) is 0.811. The third-order valence-electron chi connectivity index (χ3n) is 2.65. The summed E-state index contributed by atoms with van der Waals surface area (Å²) in [6.45, 7) is 3.30. The zero-order chi connectivity index (χ0) is 12.0. The number of hydrogen-bond acceptors (Lipinski definition) is 3. The highest BCUT2D eigenvalue weighted by Crippen LogP contribution is 2.18. The van der Waals surface area contributed by atoms with E-state index in [2.05, 4.69) is 5.92 Å². The van der Waals surface area contributed by atoms with Crippen molar-refractivity contribution in [1.82, 2.24) is 4.90 Å². The van der Waals surface area contributed by atoms with Crippen molar-refractivity contribution in [3.8, 4) is 12.3 Å². The number of rotatable bonds is 3. The molecule has 0 aromatic carbocycles. The van der Waals surface area contributed by atoms with E-state index in [0.29, 0.717) is 19.7 Å². The van der Waals surface area contributed by atoms with E-state index in [0.717, 1.165) is 12.8 Å². The number of piperidine rings is 1. The monoisotopic (exact) mass is 223 g/mol. The first-order valence-electron chi connectivity index (χ1n) is 5.57. The Morgan fingerprint density at radius 3 is 2.94 bits per heavy atom. The molecule has 4 heteroatoms. The number of terminal acetylenes is 1. The molecule has 0 N–H and O–H groups in total. The molecule has 0 saturated carbocycles. The van der Waals surface area contributed by atoms with Gasteiger partial charge in [-0.25, -0.2) is 0 Å². The van der Waals surface area contributed by atoms with Gasteiger partial charge in [0.25, 0.3) is 0 Å². The molecule has 88 valence electrons. The van der Waals surface area contributed by atoms with E-state index >= 15 is 0 Å². The minimum absolute atomic E-state index is 0.0727. The number of hydrogen-bond donors (Lipinski definition) is 0. The third-order valence-corrected chi connectivity index (χ3v) is 2.65. The first-order valence-corrected chi connectivity index (χ1v) is 5.57. The Morgan fingerprint density at radius 1 is 1.56 bits per heavy atom. The first-order chi connectivity index (χ1) is 7.69. The fourth-order valence-corrected chi connectivity index (χ4v) is 1.86. The molecular weight excluding hydrogens is 206 g/mol. The van der Waals surface area contributed by atoms with E-state index in [1.54, 1.807) is 11.8 Å². The van der Waals surface area contributed by atoms with Crippen molar-refractivity contribution >= 4 is 11.9 Å². The summed E-state index contributed by atoms with van der Waals surface area (Å²) < 4.78 is 4.95. The van der Waals surface area contributed by atoms with Gasteiger partial charge in [-0.3, -0.25) is 9.59 Å². The van der Waals surface area contributed by atoms with Gasteiger partial charge < -0.3 is 9.64 Å². The Labute approximate surface area is 95.9 Å². The Kier molecular flexibility index (Phi) is 4.84. The van der Waals surface area contributed by atoms with Crippen molar-refractivity contribution in [2.45, 2.75) is 26.2 Å². The van der Waals surface area contributed by atoms with Crippen molar-refractivity contribution in [3.63, 3.8) is 0 Å². The molecule has 1 heterocycles. The molecule has 1 aliphatic rings. The van der Waals surface area contributed by atoms with E-state index in [-0.39, 0.29) is 24.2 Å². The maximum atomic E-state index is 11.6. The summed E-state index contributed by atoms with van der Waals surface area (Å²) in [5.74, 6) is 1.86. The summed E-state index contributed by atoms with van der Waals surface area (Å²) in [5, 5.41) is 0. The molecule has 1 saturated heterocycles. The van der Waals surface area contributed by atoms with E-state index < -0.39 is 0 Å². The number of carbonyl (C=O) groups excluding carboxylic acids is 2. The van der Waals surface area contributed by atoms with Gasteiger partial charge in [0.15, 0.2) is 0 Å². The second-order valence-corrected chi connectivity index (χ2v) is 3.81. The molecule has 1 aliphatic heterocycles. The maximum Gasteiger partial charge on any atom is 0.310 e. The molecule has 0 aliphatic carbocycles. The van der Waals surface area contributed by atoms with Crippen LogP contribution < -0.4 is 0 Å². The largest absolute Gasteiger partial charge is 0.466 e. The van der Waals surface area contributed by atoms with E-state index in [1.807, 2.05) is 0 Å². The average Bonchev–Trinajstić information content (AvgIpc) is 2.30. The number of amides is 1. The molecule has 16 heavy (non-hydrogen) atoms. The van der Waals surface area contributed by atoms with Crippen LogP contribution in [-0.4, -0.2) is 36.5 Å². The smallest absolute Gasteiger partial charge is 0.310 e. The molecule has 1 fully saturated rings. The zero-order valence-electron chi connectivity index (χ0n) is 9.57. The molecule has 1 amide bonds. The summed E-state index contributed by atoms with van der Waals surface area (Å²) >= 11 is 0. The van der Waals surface area contributed by atoms with Gasteiger partial charge in [0.1, 0.15) is 0 Å². The quantitative estimate of drug-likeness (QED) is 0.525. The molecule has 1 atom stereocenters. The summed E-state index contributed by atoms with van der Waals surface area (Å²) in [7, 11) is 0. The van der Waals surface area contributed by atoms with Crippen LogP contribution in [0.25, 0.3) is 0 Å². The molecule has 0 bridgehead atoms. The number of carbonyl (C=O) groups is 2. The van der Waals surface area contributed by atoms with Gasteiger partial charge in [0.2, 0.25) is 5.91 Å². The van der Waals surface area contributed by atoms with E-state index in [9.17, 15) is 9.59 Å². The maximum absolute atomic E-state index is 11.6. The van der Waals surface area contributed by atoms with E-state index in [1.165, 1.54) is 0 Å². The van der Waals surface area contributed by atoms with Gasteiger partial charge in [0.05, 0.1) is 18.9 Å². The second-order valence-electron chi connectivity index (χ2n) is 3.81. The lowest BCUT2D eigenvalue weighted by Crippen LogP contribution is -2.42. The molecule has 4 nitrogen and oxygen atoms in total. The van der Waals surface area contributed by atoms with Crippen LogP contribution >= 0.6 is 0 Å². The average molecular weight is 223 g/mol. The molecule has 0 unspecified atom stereocenters. The lowest BCUT2D eigenvalue weighted by molar-refractivity contribution is -0.151. The van der Waals surface area contributed by atoms with Gasteiger partial charge in [-0.1, -0.05) is 5.92 Å². The van der Waals surface area contributed by atoms with Crippen LogP contribution in [0.5, 0.6) is 0 Å². The lowest BCUT2D eigenvalue weighted by atomic mass is 9.98. The number of likely N-dealkylation sites (tertiary alicyclic amines) is 1. The molecule has 0 spiro atoms. The number of esters is 1. The highest BCUT2D eigenvalue weighted by molar-refractivity contribution is 5.80. The Bertz CT molecular complexity index is 306. The molecule has 0 aromatic rings. The van der Waals surface area contributed by atoms with Crippen LogP contribution in [-0.2, 0) is 14.3 Å². The van der Waals surface area contributed by atoms with Crippen LogP contribution in [0.2, 0.25) is 0 Å². The van der Waals surface area contributed by atoms with Crippen LogP contribution in [0.3, 0.4) is 0 Å². The molecule has 0 radical (unpaired) electrons. The number of nitrogens with zero attached hydrogens (tertiary/aromatic N) is 1. The summed E-state index contributed by atoms with van der Waals surface area (Å²) in [5.41, 5.74) is 0. The summed E-state index contributed by atoms with van der Waals surface area (Å²) in [4.78, 5) is 24.7. The highest BCUT2D eigenvalue weighted by Gasteiger charge is 2.28. The summed E-state index contributed by atoms with van der Waals surface area (Å²) in [6, 6.07) is 0. The normalized spacial score (nSPS) is 20.0. The van der Waals surface area contributed by atoms with Crippen molar-refractivity contribution < 1.29 is 14.3 Å². The fraction of sp³-hybridized carbons (Fsp3) is 0.667. The Morgan fingerprint density at radius 2 is 2.31 bits per heavy atom. The topological polar surface area (TPSA) is 46.6 Å². The molecule has 0 aromatic heterocycles. The van der Waals surface area contributed by atoms with Gasteiger partial charge in [-0.2, -0.15) is 0 Å². The van der Waals surface area contributed by atoms with Crippen molar-refractivity contribution in [2.75, 3.05) is 19.7 Å². The second kappa shape index (κ2) is 6.16. The van der Waals surface area contributed by atoms with Crippen LogP contribution in [0.1, 0.15) is 26.2 Å². The van der Waals surface area contributed by atoms with Crippen molar-refractivity contribution in [3.05, 3.63) is 0 Å². The predicted molar refractivity (Wildman–Crippen MR) is 59.4 cm³/mol. The standard InChI is InChI=1S/C12H17NO3/c1-3-6-11(14)13-8-5-7-10(9-13)12(15)16-4-2/h1,10H,4-9H2,2H3/t10-/m0/s1. The van der Waals surface area contributed by atoms with Gasteiger partial charge in [0, 0.05) is 13.1 Å². The van der Waals surface area contributed by atoms with E-state index in [4.69, 9.17) is 11.2 Å². The first kappa shape index (κ1) is 12.6. The van der Waals surface area contributed by atoms with Crippen molar-refractivity contribution in [2.24, 2.45) is 5.92 Å². The fourth-order valence-electron chi connectivity index (χ4n) is 1.86. The number of ether oxygens (including phenoxy) is 1. The SMILES string of the molecule is C#CCC(=O)N1CCC[C@H](C(=O)OCC)C1. The lowest BCUT2D eigenvalue weighted by Gasteiger charge is -2.31.